The summed E-state index contributed by atoms with van der Waals surface area (Å²) in [5.74, 6) is -0.784. The third kappa shape index (κ3) is 10.7. The average Bonchev–Trinajstić information content (AvgIpc) is 2.53. The van der Waals surface area contributed by atoms with Crippen LogP contribution in [-0.4, -0.2) is 83.9 Å². The lowest BCUT2D eigenvalue weighted by atomic mass is 10.2. The number of phosphoric ester groups is 1. The smallest absolute Gasteiger partial charge is 0.444 e. The first-order chi connectivity index (χ1) is 11.8. The van der Waals surface area contributed by atoms with Crippen molar-refractivity contribution in [2.24, 2.45) is 0 Å². The van der Waals surface area contributed by atoms with Gasteiger partial charge in [-0.25, -0.2) is 14.4 Å². The van der Waals surface area contributed by atoms with E-state index < -0.39 is 57.4 Å². The van der Waals surface area contributed by atoms with Gasteiger partial charge in [-0.15, -0.1) is 0 Å². The summed E-state index contributed by atoms with van der Waals surface area (Å²) in [6, 6.07) is -1.42. The van der Waals surface area contributed by atoms with E-state index in [2.05, 4.69) is 14.4 Å². The van der Waals surface area contributed by atoms with Crippen molar-refractivity contribution in [1.82, 2.24) is 10.4 Å². The van der Waals surface area contributed by atoms with E-state index in [0.717, 1.165) is 5.06 Å². The van der Waals surface area contributed by atoms with Gasteiger partial charge in [-0.05, 0) is 20.8 Å². The first-order valence-corrected chi connectivity index (χ1v) is 9.03. The van der Waals surface area contributed by atoms with Crippen LogP contribution in [-0.2, 0) is 28.0 Å². The summed E-state index contributed by atoms with van der Waals surface area (Å²) in [4.78, 5) is 38.2. The number of hydrogen-bond donors (Lipinski definition) is 4. The molecule has 0 aromatic rings. The fourth-order valence-corrected chi connectivity index (χ4v) is 2.15. The molecule has 0 spiro atoms. The number of ether oxygens (including phenoxy) is 1. The average molecular weight is 402 g/mol. The molecule has 0 rings (SSSR count). The maximum atomic E-state index is 12.2. The number of nitrogens with one attached hydrogen (secondary N) is 1. The number of likely N-dealkylation sites (N-methyl/N-ethyl adjacent to an activating group) is 1. The Kier molecular flexibility index (Phi) is 10.2. The summed E-state index contributed by atoms with van der Waals surface area (Å²) in [5.41, 5.74) is -0.832. The Balaban J connectivity index is 4.93. The predicted octanol–water partition coefficient (Wildman–Crippen LogP) is -0.614. The Labute approximate surface area is 151 Å². The Morgan fingerprint density at radius 3 is 2.23 bits per heavy atom. The monoisotopic (exact) mass is 402 g/mol. The minimum Gasteiger partial charge on any atom is -0.444 e. The molecule has 0 bridgehead atoms. The highest BCUT2D eigenvalue weighted by Crippen LogP contribution is 2.43. The first kappa shape index (κ1) is 24.7. The number of carbonyl (C=O) groups is 2. The van der Waals surface area contributed by atoms with E-state index in [4.69, 9.17) is 19.8 Å². The summed E-state index contributed by atoms with van der Waals surface area (Å²) >= 11 is 0. The Morgan fingerprint density at radius 1 is 1.23 bits per heavy atom. The van der Waals surface area contributed by atoms with Crippen LogP contribution in [0.1, 0.15) is 20.8 Å². The summed E-state index contributed by atoms with van der Waals surface area (Å²) in [6.45, 7) is 2.76. The molecular weight excluding hydrogens is 375 g/mol. The van der Waals surface area contributed by atoms with E-state index >= 15 is 0 Å². The van der Waals surface area contributed by atoms with Gasteiger partial charge in [0.2, 0.25) is 0 Å². The van der Waals surface area contributed by atoms with Crippen molar-refractivity contribution in [2.45, 2.75) is 38.5 Å². The van der Waals surface area contributed by atoms with E-state index in [1.54, 1.807) is 20.8 Å². The maximum Gasteiger partial charge on any atom is 0.472 e. The second-order valence-electron chi connectivity index (χ2n) is 6.11. The van der Waals surface area contributed by atoms with E-state index in [0.29, 0.717) is 0 Å². The highest BCUT2D eigenvalue weighted by Gasteiger charge is 2.31. The highest BCUT2D eigenvalue weighted by atomic mass is 31.2. The van der Waals surface area contributed by atoms with Crippen LogP contribution in [0.5, 0.6) is 0 Å². The van der Waals surface area contributed by atoms with E-state index in [-0.39, 0.29) is 0 Å². The largest absolute Gasteiger partial charge is 0.472 e. The van der Waals surface area contributed by atoms with Gasteiger partial charge in [0.1, 0.15) is 17.7 Å². The fourth-order valence-electron chi connectivity index (χ4n) is 1.37. The minimum atomic E-state index is -4.65. The number of hydrogen-bond acceptors (Lipinski definition) is 9. The van der Waals surface area contributed by atoms with E-state index in [1.807, 2.05) is 0 Å². The van der Waals surface area contributed by atoms with Gasteiger partial charge < -0.3 is 25.2 Å². The third-order valence-corrected chi connectivity index (χ3v) is 3.57. The van der Waals surface area contributed by atoms with Crippen LogP contribution >= 0.6 is 7.82 Å². The van der Waals surface area contributed by atoms with Crippen molar-refractivity contribution in [3.8, 4) is 0 Å². The molecule has 0 radical (unpaired) electrons. The van der Waals surface area contributed by atoms with Gasteiger partial charge in [0, 0.05) is 7.05 Å². The van der Waals surface area contributed by atoms with Crippen molar-refractivity contribution >= 4 is 19.8 Å². The number of carbonyl (C=O) groups excluding carboxylic acids is 2. The van der Waals surface area contributed by atoms with Crippen LogP contribution in [0.15, 0.2) is 0 Å². The molecule has 0 aliphatic heterocycles. The van der Waals surface area contributed by atoms with Crippen LogP contribution in [0.3, 0.4) is 0 Å². The molecule has 12 nitrogen and oxygen atoms in total. The zero-order valence-electron chi connectivity index (χ0n) is 15.4. The molecule has 13 heteroatoms. The summed E-state index contributed by atoms with van der Waals surface area (Å²) < 4.78 is 25.9. The number of amides is 2. The van der Waals surface area contributed by atoms with Crippen molar-refractivity contribution in [3.05, 3.63) is 0 Å². The summed E-state index contributed by atoms with van der Waals surface area (Å²) in [5, 5.41) is 20.7. The lowest BCUT2D eigenvalue weighted by molar-refractivity contribution is -0.171. The third-order valence-electron chi connectivity index (χ3n) is 2.62. The van der Waals surface area contributed by atoms with E-state index in [1.165, 1.54) is 14.2 Å². The van der Waals surface area contributed by atoms with Gasteiger partial charge in [-0.2, -0.15) is 0 Å². The number of hydroxylamine groups is 2. The molecule has 0 aromatic heterocycles. The number of nitrogens with zero attached hydrogens (tertiary/aromatic N) is 1. The Hall–Kier alpha value is -1.27. The molecule has 3 atom stereocenters. The SMILES string of the molecule is CON(C)C(=O)C(COP(=O)(O)OCC(O)CO)NC(=O)OC(C)(C)C. The van der Waals surface area contributed by atoms with Gasteiger partial charge >= 0.3 is 13.9 Å². The number of aliphatic hydroxyl groups is 2. The molecular formula is C13H27N2O10P. The second kappa shape index (κ2) is 10.8. The lowest BCUT2D eigenvalue weighted by Crippen LogP contribution is -2.50. The van der Waals surface area contributed by atoms with Crippen molar-refractivity contribution in [1.29, 1.82) is 0 Å². The van der Waals surface area contributed by atoms with Crippen LogP contribution in [0, 0.1) is 0 Å². The van der Waals surface area contributed by atoms with Crippen LogP contribution < -0.4 is 5.32 Å². The molecule has 0 aliphatic carbocycles. The second-order valence-corrected chi connectivity index (χ2v) is 7.57. The molecule has 26 heavy (non-hydrogen) atoms. The minimum absolute atomic E-state index is 0.666. The topological polar surface area (TPSA) is 164 Å². The standard InChI is InChI=1S/C13H27N2O10P/c1-13(2,3)25-12(19)14-10(11(18)15(4)22-5)8-24-26(20,21)23-7-9(17)6-16/h9-10,16-17H,6-8H2,1-5H3,(H,14,19)(H,20,21). The quantitative estimate of drug-likeness (QED) is 0.274. The predicted molar refractivity (Wildman–Crippen MR) is 87.8 cm³/mol. The molecule has 154 valence electrons. The van der Waals surface area contributed by atoms with Crippen LogP contribution in [0.25, 0.3) is 0 Å². The zero-order chi connectivity index (χ0) is 20.5. The highest BCUT2D eigenvalue weighted by molar-refractivity contribution is 7.47. The molecule has 2 amide bonds. The Bertz CT molecular complexity index is 510. The molecule has 0 aliphatic rings. The van der Waals surface area contributed by atoms with Gasteiger partial charge in [0.15, 0.2) is 0 Å². The number of rotatable bonds is 10. The number of phosphoric acid groups is 1. The van der Waals surface area contributed by atoms with Crippen molar-refractivity contribution in [2.75, 3.05) is 34.0 Å². The summed E-state index contributed by atoms with van der Waals surface area (Å²) in [6.07, 6.45) is -2.33. The zero-order valence-corrected chi connectivity index (χ0v) is 16.3. The van der Waals surface area contributed by atoms with Gasteiger partial charge in [-0.1, -0.05) is 0 Å². The summed E-state index contributed by atoms with van der Waals surface area (Å²) in [7, 11) is -2.18. The molecule has 0 saturated carbocycles. The number of aliphatic hydroxyl groups excluding tert-OH is 2. The molecule has 4 N–H and O–H groups in total. The van der Waals surface area contributed by atoms with Gasteiger partial charge in [0.25, 0.3) is 5.91 Å². The molecule has 0 fully saturated rings. The molecule has 0 aromatic carbocycles. The molecule has 0 heterocycles. The van der Waals surface area contributed by atoms with Crippen LogP contribution in [0.4, 0.5) is 4.79 Å². The molecule has 0 saturated heterocycles. The maximum absolute atomic E-state index is 12.2. The normalized spacial score (nSPS) is 16.3. The number of alkyl carbamates (subject to hydrolysis) is 1. The van der Waals surface area contributed by atoms with Gasteiger partial charge in [-0.3, -0.25) is 18.7 Å². The van der Waals surface area contributed by atoms with E-state index in [9.17, 15) is 19.0 Å². The molecule has 3 unspecified atom stereocenters. The lowest BCUT2D eigenvalue weighted by Gasteiger charge is -2.25. The van der Waals surface area contributed by atoms with Crippen LogP contribution in [0.2, 0.25) is 0 Å². The Morgan fingerprint density at radius 2 is 1.77 bits per heavy atom. The van der Waals surface area contributed by atoms with Crippen molar-refractivity contribution < 1.29 is 47.9 Å². The van der Waals surface area contributed by atoms with Crippen molar-refractivity contribution in [3.63, 3.8) is 0 Å². The fraction of sp³-hybridized carbons (Fsp3) is 0.846. The van der Waals surface area contributed by atoms with Gasteiger partial charge in [0.05, 0.1) is 26.9 Å². The first-order valence-electron chi connectivity index (χ1n) is 7.53.